The van der Waals surface area contributed by atoms with Crippen LogP contribution in [0.2, 0.25) is 0 Å². The van der Waals surface area contributed by atoms with Gasteiger partial charge in [0.15, 0.2) is 0 Å². The molecule has 118 valence electrons. The molecule has 0 aliphatic carbocycles. The zero-order valence-corrected chi connectivity index (χ0v) is 12.5. The number of rotatable bonds is 3. The van der Waals surface area contributed by atoms with Crippen molar-refractivity contribution in [2.24, 2.45) is 5.92 Å². The van der Waals surface area contributed by atoms with Crippen LogP contribution in [0.5, 0.6) is 0 Å². The molecule has 0 aromatic carbocycles. The quantitative estimate of drug-likeness (QED) is 0.908. The maximum Gasteiger partial charge on any atom is 0.416 e. The van der Waals surface area contributed by atoms with E-state index in [4.69, 9.17) is 0 Å². The highest BCUT2D eigenvalue weighted by atomic mass is 19.4. The molecule has 1 unspecified atom stereocenters. The molecule has 3 nitrogen and oxygen atoms in total. The molecule has 0 amide bonds. The highest BCUT2D eigenvalue weighted by Crippen LogP contribution is 2.33. The third-order valence-corrected chi connectivity index (χ3v) is 3.84. The number of nitrogens with one attached hydrogen (secondary N) is 1. The second-order valence-electron chi connectivity index (χ2n) is 5.65. The van der Waals surface area contributed by atoms with Crippen LogP contribution in [0.1, 0.15) is 38.7 Å². The van der Waals surface area contributed by atoms with Crippen LogP contribution in [0.15, 0.2) is 12.1 Å². The van der Waals surface area contributed by atoms with E-state index in [9.17, 15) is 13.2 Å². The fourth-order valence-corrected chi connectivity index (χ4v) is 2.61. The topological polar surface area (TPSA) is 28.2 Å². The van der Waals surface area contributed by atoms with Gasteiger partial charge in [-0.3, -0.25) is 0 Å². The van der Waals surface area contributed by atoms with E-state index in [1.54, 1.807) is 0 Å². The van der Waals surface area contributed by atoms with Crippen LogP contribution in [0, 0.1) is 5.92 Å². The number of alkyl halides is 3. The minimum atomic E-state index is -4.35. The number of hydrogen-bond donors (Lipinski definition) is 1. The van der Waals surface area contributed by atoms with E-state index in [1.807, 2.05) is 11.8 Å². The highest BCUT2D eigenvalue weighted by Gasteiger charge is 2.32. The summed E-state index contributed by atoms with van der Waals surface area (Å²) in [6.07, 6.45) is -1.24. The van der Waals surface area contributed by atoms with Crippen LogP contribution < -0.4 is 10.2 Å². The third kappa shape index (κ3) is 4.25. The summed E-state index contributed by atoms with van der Waals surface area (Å²) in [5.41, 5.74) is -0.638. The van der Waals surface area contributed by atoms with Gasteiger partial charge < -0.3 is 10.2 Å². The standard InChI is InChI=1S/C15H22F3N3/c1-3-19-13-9-12(15(16,17)18)10-14(20-13)21-7-4-5-11(2)6-8-21/h9-11H,3-8H2,1-2H3,(H,19,20). The van der Waals surface area contributed by atoms with Crippen molar-refractivity contribution in [2.45, 2.75) is 39.3 Å². The molecule has 2 heterocycles. The van der Waals surface area contributed by atoms with Crippen molar-refractivity contribution in [1.29, 1.82) is 0 Å². The summed E-state index contributed by atoms with van der Waals surface area (Å²) >= 11 is 0. The normalized spacial score (nSPS) is 20.2. The molecule has 1 aromatic rings. The second-order valence-corrected chi connectivity index (χ2v) is 5.65. The predicted octanol–water partition coefficient (Wildman–Crippen LogP) is 4.16. The largest absolute Gasteiger partial charge is 0.416 e. The van der Waals surface area contributed by atoms with Crippen LogP contribution in [-0.2, 0) is 6.18 Å². The third-order valence-electron chi connectivity index (χ3n) is 3.84. The molecule has 21 heavy (non-hydrogen) atoms. The van der Waals surface area contributed by atoms with Gasteiger partial charge in [0, 0.05) is 19.6 Å². The molecule has 6 heteroatoms. The Bertz CT molecular complexity index is 474. The molecule has 1 aromatic heterocycles. The number of aromatic nitrogens is 1. The Morgan fingerprint density at radius 1 is 1.29 bits per heavy atom. The lowest BCUT2D eigenvalue weighted by Crippen LogP contribution is -2.26. The second kappa shape index (κ2) is 6.54. The first kappa shape index (κ1) is 15.9. The average Bonchev–Trinajstić information content (AvgIpc) is 2.63. The van der Waals surface area contributed by atoms with Gasteiger partial charge in [-0.05, 0) is 44.2 Å². The monoisotopic (exact) mass is 301 g/mol. The van der Waals surface area contributed by atoms with E-state index in [1.165, 1.54) is 0 Å². The summed E-state index contributed by atoms with van der Waals surface area (Å²) in [7, 11) is 0. The number of anilines is 2. The first-order chi connectivity index (χ1) is 9.90. The summed E-state index contributed by atoms with van der Waals surface area (Å²) in [6, 6.07) is 2.24. The number of hydrogen-bond acceptors (Lipinski definition) is 3. The Morgan fingerprint density at radius 3 is 2.71 bits per heavy atom. The first-order valence-electron chi connectivity index (χ1n) is 7.48. The minimum Gasteiger partial charge on any atom is -0.370 e. The zero-order valence-electron chi connectivity index (χ0n) is 12.5. The lowest BCUT2D eigenvalue weighted by molar-refractivity contribution is -0.137. The van der Waals surface area contributed by atoms with Crippen LogP contribution in [0.3, 0.4) is 0 Å². The van der Waals surface area contributed by atoms with Crippen molar-refractivity contribution >= 4 is 11.6 Å². The number of pyridine rings is 1. The van der Waals surface area contributed by atoms with Gasteiger partial charge in [-0.15, -0.1) is 0 Å². The van der Waals surface area contributed by atoms with E-state index in [0.717, 1.165) is 44.5 Å². The molecule has 0 spiro atoms. The Labute approximate surface area is 123 Å². The maximum absolute atomic E-state index is 13.0. The van der Waals surface area contributed by atoms with Crippen molar-refractivity contribution in [2.75, 3.05) is 29.9 Å². The molecule has 1 fully saturated rings. The lowest BCUT2D eigenvalue weighted by atomic mass is 10.0. The molecule has 0 bridgehead atoms. The van der Waals surface area contributed by atoms with E-state index >= 15 is 0 Å². The predicted molar refractivity (Wildman–Crippen MR) is 78.6 cm³/mol. The number of nitrogens with zero attached hydrogens (tertiary/aromatic N) is 2. The van der Waals surface area contributed by atoms with E-state index in [0.29, 0.717) is 24.1 Å². The van der Waals surface area contributed by atoms with Crippen LogP contribution in [-0.4, -0.2) is 24.6 Å². The van der Waals surface area contributed by atoms with Crippen molar-refractivity contribution in [3.05, 3.63) is 17.7 Å². The molecular weight excluding hydrogens is 279 g/mol. The van der Waals surface area contributed by atoms with Gasteiger partial charge in [-0.1, -0.05) is 6.92 Å². The van der Waals surface area contributed by atoms with E-state index in [-0.39, 0.29) is 0 Å². The minimum absolute atomic E-state index is 0.291. The summed E-state index contributed by atoms with van der Waals surface area (Å²) in [4.78, 5) is 6.31. The SMILES string of the molecule is CCNc1cc(C(F)(F)F)cc(N2CCCC(C)CC2)n1. The van der Waals surface area contributed by atoms with Crippen LogP contribution >= 0.6 is 0 Å². The van der Waals surface area contributed by atoms with E-state index in [2.05, 4.69) is 17.2 Å². The highest BCUT2D eigenvalue weighted by molar-refractivity contribution is 5.51. The summed E-state index contributed by atoms with van der Waals surface area (Å²) in [5, 5.41) is 2.89. The Morgan fingerprint density at radius 2 is 2.05 bits per heavy atom. The van der Waals surface area contributed by atoms with Crippen LogP contribution in [0.4, 0.5) is 24.8 Å². The zero-order chi connectivity index (χ0) is 15.5. The fraction of sp³-hybridized carbons (Fsp3) is 0.667. The summed E-state index contributed by atoms with van der Waals surface area (Å²) < 4.78 is 39.1. The Kier molecular flexibility index (Phi) is 4.96. The van der Waals surface area contributed by atoms with Crippen molar-refractivity contribution in [1.82, 2.24) is 4.98 Å². The molecule has 0 saturated carbocycles. The first-order valence-corrected chi connectivity index (χ1v) is 7.48. The van der Waals surface area contributed by atoms with Crippen molar-refractivity contribution in [3.8, 4) is 0 Å². The Balaban J connectivity index is 2.30. The maximum atomic E-state index is 13.0. The number of halogens is 3. The summed E-state index contributed by atoms with van der Waals surface area (Å²) in [5.74, 6) is 1.34. The molecule has 1 aliphatic heterocycles. The van der Waals surface area contributed by atoms with Crippen LogP contribution in [0.25, 0.3) is 0 Å². The molecule has 1 saturated heterocycles. The lowest BCUT2D eigenvalue weighted by Gasteiger charge is -2.23. The van der Waals surface area contributed by atoms with Gasteiger partial charge in [0.25, 0.3) is 0 Å². The molecule has 2 rings (SSSR count). The van der Waals surface area contributed by atoms with Crippen molar-refractivity contribution in [3.63, 3.8) is 0 Å². The van der Waals surface area contributed by atoms with Gasteiger partial charge in [-0.25, -0.2) is 4.98 Å². The summed E-state index contributed by atoms with van der Waals surface area (Å²) in [6.45, 7) is 6.11. The smallest absolute Gasteiger partial charge is 0.370 e. The average molecular weight is 301 g/mol. The molecular formula is C15H22F3N3. The molecule has 1 aliphatic rings. The molecule has 0 radical (unpaired) electrons. The Hall–Kier alpha value is -1.46. The van der Waals surface area contributed by atoms with E-state index < -0.39 is 11.7 Å². The molecule has 1 atom stereocenters. The van der Waals surface area contributed by atoms with Gasteiger partial charge in [0.2, 0.25) is 0 Å². The van der Waals surface area contributed by atoms with Gasteiger partial charge in [0.1, 0.15) is 11.6 Å². The van der Waals surface area contributed by atoms with Gasteiger partial charge >= 0.3 is 6.18 Å². The van der Waals surface area contributed by atoms with Crippen molar-refractivity contribution < 1.29 is 13.2 Å². The van der Waals surface area contributed by atoms with Gasteiger partial charge in [-0.2, -0.15) is 13.2 Å². The fourth-order valence-electron chi connectivity index (χ4n) is 2.61. The van der Waals surface area contributed by atoms with Gasteiger partial charge in [0.05, 0.1) is 5.56 Å². The molecule has 1 N–H and O–H groups in total.